The topological polar surface area (TPSA) is 102 Å². The molecule has 2 N–H and O–H groups in total. The minimum absolute atomic E-state index is 0.0855. The van der Waals surface area contributed by atoms with Gasteiger partial charge in [-0.2, -0.15) is 4.98 Å². The molecule has 0 aliphatic heterocycles. The molecule has 0 aromatic carbocycles. The van der Waals surface area contributed by atoms with Crippen LogP contribution >= 0.6 is 0 Å². The second-order valence-electron chi connectivity index (χ2n) is 4.11. The monoisotopic (exact) mass is 269 g/mol. The minimum atomic E-state index is -0.508. The Morgan fingerprint density at radius 2 is 2.32 bits per heavy atom. The zero-order valence-electron chi connectivity index (χ0n) is 11.3. The van der Waals surface area contributed by atoms with Gasteiger partial charge in [-0.25, -0.2) is 4.98 Å². The maximum absolute atomic E-state index is 10.9. The molecule has 1 heterocycles. The maximum Gasteiger partial charge on any atom is 0.329 e. The van der Waals surface area contributed by atoms with Crippen molar-refractivity contribution in [2.24, 2.45) is 0 Å². The van der Waals surface area contributed by atoms with Gasteiger partial charge >= 0.3 is 5.69 Å². The SMILES string of the molecule is CCCNc1ncc([N+](=O)[O-])c(NC(C)COC)n1. The normalized spacial score (nSPS) is 11.9. The number of nitro groups is 1. The second-order valence-corrected chi connectivity index (χ2v) is 4.11. The van der Waals surface area contributed by atoms with Crippen LogP contribution in [0.1, 0.15) is 20.3 Å². The largest absolute Gasteiger partial charge is 0.383 e. The van der Waals surface area contributed by atoms with E-state index in [4.69, 9.17) is 4.74 Å². The van der Waals surface area contributed by atoms with E-state index in [0.717, 1.165) is 6.42 Å². The van der Waals surface area contributed by atoms with E-state index in [1.165, 1.54) is 6.20 Å². The van der Waals surface area contributed by atoms with Gasteiger partial charge in [0.25, 0.3) is 0 Å². The summed E-state index contributed by atoms with van der Waals surface area (Å²) in [7, 11) is 1.57. The number of rotatable bonds is 8. The third-order valence-electron chi connectivity index (χ3n) is 2.30. The van der Waals surface area contributed by atoms with Crippen molar-refractivity contribution in [2.75, 3.05) is 30.9 Å². The summed E-state index contributed by atoms with van der Waals surface area (Å²) >= 11 is 0. The van der Waals surface area contributed by atoms with Gasteiger partial charge in [0.1, 0.15) is 6.20 Å². The van der Waals surface area contributed by atoms with Gasteiger partial charge < -0.3 is 15.4 Å². The van der Waals surface area contributed by atoms with Gasteiger partial charge in [0.15, 0.2) is 0 Å². The average Bonchev–Trinajstić information content (AvgIpc) is 2.36. The lowest BCUT2D eigenvalue weighted by Crippen LogP contribution is -2.22. The standard InChI is InChI=1S/C11H19N5O3/c1-4-5-12-11-13-6-9(16(17)18)10(15-11)14-8(2)7-19-3/h6,8H,4-5,7H2,1-3H3,(H2,12,13,14,15). The van der Waals surface area contributed by atoms with Crippen molar-refractivity contribution in [1.82, 2.24) is 9.97 Å². The van der Waals surface area contributed by atoms with Gasteiger partial charge in [-0.05, 0) is 13.3 Å². The Morgan fingerprint density at radius 3 is 2.89 bits per heavy atom. The second kappa shape index (κ2) is 7.47. The van der Waals surface area contributed by atoms with Gasteiger partial charge in [-0.1, -0.05) is 6.92 Å². The molecule has 0 aliphatic rings. The molecule has 0 aliphatic carbocycles. The Balaban J connectivity index is 2.91. The fourth-order valence-electron chi connectivity index (χ4n) is 1.46. The number of hydrogen-bond acceptors (Lipinski definition) is 7. The van der Waals surface area contributed by atoms with Gasteiger partial charge in [0, 0.05) is 19.7 Å². The molecule has 8 nitrogen and oxygen atoms in total. The summed E-state index contributed by atoms with van der Waals surface area (Å²) in [5.41, 5.74) is -0.148. The lowest BCUT2D eigenvalue weighted by atomic mass is 10.3. The molecule has 0 amide bonds. The summed E-state index contributed by atoms with van der Waals surface area (Å²) in [5, 5.41) is 16.9. The first kappa shape index (κ1) is 15.1. The van der Waals surface area contributed by atoms with E-state index >= 15 is 0 Å². The molecule has 106 valence electrons. The quantitative estimate of drug-likeness (QED) is 0.546. The first-order valence-electron chi connectivity index (χ1n) is 6.09. The van der Waals surface area contributed by atoms with E-state index in [0.29, 0.717) is 19.1 Å². The number of methoxy groups -OCH3 is 1. The Labute approximate surface area is 111 Å². The Kier molecular flexibility index (Phi) is 5.94. The van der Waals surface area contributed by atoms with Crippen molar-refractivity contribution < 1.29 is 9.66 Å². The average molecular weight is 269 g/mol. The van der Waals surface area contributed by atoms with Gasteiger partial charge in [-0.15, -0.1) is 0 Å². The van der Waals surface area contributed by atoms with E-state index in [1.54, 1.807) is 7.11 Å². The molecule has 19 heavy (non-hydrogen) atoms. The third-order valence-corrected chi connectivity index (χ3v) is 2.30. The Hall–Kier alpha value is -1.96. The van der Waals surface area contributed by atoms with Crippen LogP contribution in [-0.4, -0.2) is 41.2 Å². The molecule has 1 rings (SSSR count). The summed E-state index contributed by atoms with van der Waals surface area (Å²) in [6.07, 6.45) is 2.12. The van der Waals surface area contributed by atoms with Gasteiger partial charge in [0.2, 0.25) is 11.8 Å². The van der Waals surface area contributed by atoms with Crippen molar-refractivity contribution in [2.45, 2.75) is 26.3 Å². The highest BCUT2D eigenvalue weighted by Crippen LogP contribution is 2.22. The summed E-state index contributed by atoms with van der Waals surface area (Å²) < 4.78 is 4.98. The van der Waals surface area contributed by atoms with Crippen LogP contribution in [0.4, 0.5) is 17.5 Å². The Morgan fingerprint density at radius 1 is 1.58 bits per heavy atom. The van der Waals surface area contributed by atoms with Crippen LogP contribution < -0.4 is 10.6 Å². The van der Waals surface area contributed by atoms with Crippen LogP contribution in [0, 0.1) is 10.1 Å². The molecule has 1 unspecified atom stereocenters. The highest BCUT2D eigenvalue weighted by atomic mass is 16.6. The maximum atomic E-state index is 10.9. The zero-order valence-corrected chi connectivity index (χ0v) is 11.3. The van der Waals surface area contributed by atoms with E-state index < -0.39 is 4.92 Å². The molecule has 0 saturated heterocycles. The predicted molar refractivity (Wildman–Crippen MR) is 72.4 cm³/mol. The minimum Gasteiger partial charge on any atom is -0.383 e. The highest BCUT2D eigenvalue weighted by molar-refractivity contribution is 5.57. The molecule has 0 bridgehead atoms. The van der Waals surface area contributed by atoms with E-state index in [9.17, 15) is 10.1 Å². The molecule has 0 radical (unpaired) electrons. The number of nitrogens with zero attached hydrogens (tertiary/aromatic N) is 3. The van der Waals surface area contributed by atoms with Crippen molar-refractivity contribution in [3.63, 3.8) is 0 Å². The fourth-order valence-corrected chi connectivity index (χ4v) is 1.46. The number of anilines is 2. The summed E-state index contributed by atoms with van der Waals surface area (Å²) in [4.78, 5) is 18.5. The van der Waals surface area contributed by atoms with E-state index in [1.807, 2.05) is 13.8 Å². The molecule has 8 heteroatoms. The molecule has 0 saturated carbocycles. The number of nitrogens with one attached hydrogen (secondary N) is 2. The Bertz CT molecular complexity index is 427. The summed E-state index contributed by atoms with van der Waals surface area (Å²) in [6.45, 7) is 5.01. The molecular formula is C11H19N5O3. The van der Waals surface area contributed by atoms with Crippen LogP contribution in [0.25, 0.3) is 0 Å². The molecule has 1 atom stereocenters. The van der Waals surface area contributed by atoms with Crippen LogP contribution in [0.5, 0.6) is 0 Å². The van der Waals surface area contributed by atoms with Gasteiger partial charge in [0.05, 0.1) is 11.5 Å². The predicted octanol–water partition coefficient (Wildman–Crippen LogP) is 1.65. The first-order valence-corrected chi connectivity index (χ1v) is 6.09. The molecule has 1 aromatic rings. The zero-order chi connectivity index (χ0) is 14.3. The van der Waals surface area contributed by atoms with E-state index in [2.05, 4.69) is 20.6 Å². The lowest BCUT2D eigenvalue weighted by Gasteiger charge is -2.14. The van der Waals surface area contributed by atoms with Crippen molar-refractivity contribution >= 4 is 17.5 Å². The molecule has 1 aromatic heterocycles. The molecular weight excluding hydrogens is 250 g/mol. The lowest BCUT2D eigenvalue weighted by molar-refractivity contribution is -0.384. The van der Waals surface area contributed by atoms with Gasteiger partial charge in [-0.3, -0.25) is 10.1 Å². The van der Waals surface area contributed by atoms with Crippen LogP contribution in [0.15, 0.2) is 6.20 Å². The van der Waals surface area contributed by atoms with Crippen molar-refractivity contribution in [1.29, 1.82) is 0 Å². The summed E-state index contributed by atoms with van der Waals surface area (Å²) in [6, 6.07) is -0.0855. The van der Waals surface area contributed by atoms with Crippen molar-refractivity contribution in [3.05, 3.63) is 16.3 Å². The van der Waals surface area contributed by atoms with Crippen LogP contribution in [-0.2, 0) is 4.74 Å². The number of ether oxygens (including phenoxy) is 1. The fraction of sp³-hybridized carbons (Fsp3) is 0.636. The van der Waals surface area contributed by atoms with E-state index in [-0.39, 0.29) is 17.5 Å². The number of aromatic nitrogens is 2. The van der Waals surface area contributed by atoms with Crippen molar-refractivity contribution in [3.8, 4) is 0 Å². The molecule has 0 fully saturated rings. The third kappa shape index (κ3) is 4.66. The van der Waals surface area contributed by atoms with Crippen LogP contribution in [0.2, 0.25) is 0 Å². The molecule has 0 spiro atoms. The number of hydrogen-bond donors (Lipinski definition) is 2. The smallest absolute Gasteiger partial charge is 0.329 e. The summed E-state index contributed by atoms with van der Waals surface area (Å²) in [5.74, 6) is 0.572. The highest BCUT2D eigenvalue weighted by Gasteiger charge is 2.18. The first-order chi connectivity index (χ1) is 9.08. The van der Waals surface area contributed by atoms with Crippen LogP contribution in [0.3, 0.4) is 0 Å².